The molecule has 2 rings (SSSR count). The second-order valence-electron chi connectivity index (χ2n) is 5.13. The van der Waals surface area contributed by atoms with Crippen LogP contribution in [0, 0.1) is 0 Å². The number of esters is 1. The summed E-state index contributed by atoms with van der Waals surface area (Å²) >= 11 is 1.12. The van der Waals surface area contributed by atoms with E-state index in [9.17, 15) is 9.59 Å². The van der Waals surface area contributed by atoms with Gasteiger partial charge in [0.15, 0.2) is 0 Å². The van der Waals surface area contributed by atoms with E-state index in [4.69, 9.17) is 15.2 Å². The van der Waals surface area contributed by atoms with E-state index in [-0.39, 0.29) is 11.8 Å². The lowest BCUT2D eigenvalue weighted by atomic mass is 9.97. The number of ether oxygens (including phenoxy) is 2. The van der Waals surface area contributed by atoms with Crippen LogP contribution < -0.4 is 5.73 Å². The number of carbonyl (C=O) groups is 2. The van der Waals surface area contributed by atoms with Crippen molar-refractivity contribution in [3.63, 3.8) is 0 Å². The van der Waals surface area contributed by atoms with E-state index in [1.807, 2.05) is 13.8 Å². The maximum atomic E-state index is 12.7. The molecule has 0 saturated carbocycles. The lowest BCUT2D eigenvalue weighted by Gasteiger charge is -2.27. The van der Waals surface area contributed by atoms with Gasteiger partial charge in [0.1, 0.15) is 4.88 Å². The molecule has 0 bridgehead atoms. The Morgan fingerprint density at radius 2 is 1.95 bits per heavy atom. The first kappa shape index (κ1) is 15.8. The second-order valence-corrected chi connectivity index (χ2v) is 6.19. The Labute approximate surface area is 127 Å². The average molecular weight is 312 g/mol. The molecule has 0 aliphatic carbocycles. The smallest absolute Gasteiger partial charge is 0.348 e. The van der Waals surface area contributed by atoms with Gasteiger partial charge in [0.05, 0.1) is 30.9 Å². The Morgan fingerprint density at radius 3 is 2.48 bits per heavy atom. The van der Waals surface area contributed by atoms with Crippen molar-refractivity contribution in [3.05, 3.63) is 16.0 Å². The van der Waals surface area contributed by atoms with Crippen LogP contribution in [0.15, 0.2) is 0 Å². The molecule has 1 aromatic rings. The van der Waals surface area contributed by atoms with Gasteiger partial charge in [0, 0.05) is 13.1 Å². The quantitative estimate of drug-likeness (QED) is 0.859. The van der Waals surface area contributed by atoms with Gasteiger partial charge in [-0.3, -0.25) is 4.79 Å². The average Bonchev–Trinajstić information content (AvgIpc) is 2.84. The molecule has 1 aromatic heterocycles. The number of amides is 1. The molecule has 0 aromatic carbocycles. The Bertz CT molecular complexity index is 547. The molecule has 1 fully saturated rings. The molecular weight excluding hydrogens is 292 g/mol. The number of hydrogen-bond donors (Lipinski definition) is 1. The van der Waals surface area contributed by atoms with Gasteiger partial charge in [0.25, 0.3) is 5.91 Å². The lowest BCUT2D eigenvalue weighted by molar-refractivity contribution is 0.0303. The second kappa shape index (κ2) is 6.44. The molecule has 1 saturated heterocycles. The van der Waals surface area contributed by atoms with Crippen molar-refractivity contribution in [1.29, 1.82) is 0 Å². The summed E-state index contributed by atoms with van der Waals surface area (Å²) in [6.45, 7) is 6.00. The number of carbonyl (C=O) groups excluding carboxylic acids is 2. The third-order valence-electron chi connectivity index (χ3n) is 3.43. The van der Waals surface area contributed by atoms with Gasteiger partial charge in [-0.25, -0.2) is 4.79 Å². The molecule has 1 aliphatic heterocycles. The summed E-state index contributed by atoms with van der Waals surface area (Å²) in [6, 6.07) is 0. The maximum absolute atomic E-state index is 12.7. The predicted molar refractivity (Wildman–Crippen MR) is 80.9 cm³/mol. The zero-order chi connectivity index (χ0) is 15.6. The van der Waals surface area contributed by atoms with Gasteiger partial charge < -0.3 is 20.1 Å². The number of nitrogen functional groups attached to an aromatic ring is 1. The molecule has 0 atom stereocenters. The van der Waals surface area contributed by atoms with Gasteiger partial charge in [-0.05, 0) is 11.5 Å². The van der Waals surface area contributed by atoms with E-state index in [0.717, 1.165) is 11.3 Å². The van der Waals surface area contributed by atoms with Gasteiger partial charge >= 0.3 is 5.97 Å². The van der Waals surface area contributed by atoms with Crippen LogP contribution in [0.2, 0.25) is 0 Å². The molecule has 2 heterocycles. The lowest BCUT2D eigenvalue weighted by Crippen LogP contribution is -2.41. The summed E-state index contributed by atoms with van der Waals surface area (Å²) in [5.74, 6) is -0.574. The van der Waals surface area contributed by atoms with E-state index in [1.54, 1.807) is 4.90 Å². The summed E-state index contributed by atoms with van der Waals surface area (Å²) in [7, 11) is 1.33. The highest BCUT2D eigenvalue weighted by Crippen LogP contribution is 2.37. The Balaban J connectivity index is 2.44. The van der Waals surface area contributed by atoms with Gasteiger partial charge in [-0.2, -0.15) is 0 Å². The van der Waals surface area contributed by atoms with Crippen LogP contribution in [0.4, 0.5) is 5.00 Å². The van der Waals surface area contributed by atoms with Crippen LogP contribution >= 0.6 is 11.3 Å². The van der Waals surface area contributed by atoms with Crippen molar-refractivity contribution >= 4 is 28.2 Å². The summed E-state index contributed by atoms with van der Waals surface area (Å²) in [5.41, 5.74) is 7.14. The zero-order valence-corrected chi connectivity index (χ0v) is 13.3. The van der Waals surface area contributed by atoms with E-state index >= 15 is 0 Å². The SMILES string of the molecule is COC(=O)c1sc(N)c(C(=O)N2CCOCC2)c1C(C)C. The molecule has 0 spiro atoms. The van der Waals surface area contributed by atoms with Crippen molar-refractivity contribution in [2.24, 2.45) is 0 Å². The van der Waals surface area contributed by atoms with Crippen LogP contribution in [0.1, 0.15) is 45.4 Å². The predicted octanol–water partition coefficient (Wildman–Crippen LogP) is 1.71. The number of anilines is 1. The van der Waals surface area contributed by atoms with E-state index in [0.29, 0.717) is 47.3 Å². The largest absolute Gasteiger partial charge is 0.465 e. The van der Waals surface area contributed by atoms with Crippen molar-refractivity contribution < 1.29 is 19.1 Å². The molecular formula is C14H20N2O4S. The van der Waals surface area contributed by atoms with Gasteiger partial charge in [0.2, 0.25) is 0 Å². The minimum atomic E-state index is -0.448. The molecule has 1 amide bonds. The molecule has 116 valence electrons. The van der Waals surface area contributed by atoms with Crippen LogP contribution in [-0.2, 0) is 9.47 Å². The van der Waals surface area contributed by atoms with Gasteiger partial charge in [-0.1, -0.05) is 13.8 Å². The van der Waals surface area contributed by atoms with Crippen LogP contribution in [-0.4, -0.2) is 50.2 Å². The van der Waals surface area contributed by atoms with Crippen molar-refractivity contribution in [2.75, 3.05) is 39.1 Å². The maximum Gasteiger partial charge on any atom is 0.348 e. The van der Waals surface area contributed by atoms with Crippen LogP contribution in [0.5, 0.6) is 0 Å². The summed E-state index contributed by atoms with van der Waals surface area (Å²) in [6.07, 6.45) is 0. The third kappa shape index (κ3) is 3.03. The van der Waals surface area contributed by atoms with Crippen molar-refractivity contribution in [3.8, 4) is 0 Å². The molecule has 1 aliphatic rings. The van der Waals surface area contributed by atoms with Crippen molar-refractivity contribution in [1.82, 2.24) is 4.90 Å². The first-order chi connectivity index (χ1) is 9.97. The fraction of sp³-hybridized carbons (Fsp3) is 0.571. The molecule has 21 heavy (non-hydrogen) atoms. The number of hydrogen-bond acceptors (Lipinski definition) is 6. The Kier molecular flexibility index (Phi) is 4.84. The molecule has 0 unspecified atom stereocenters. The monoisotopic (exact) mass is 312 g/mol. The molecule has 0 radical (unpaired) electrons. The van der Waals surface area contributed by atoms with Gasteiger partial charge in [-0.15, -0.1) is 11.3 Å². The van der Waals surface area contributed by atoms with E-state index < -0.39 is 5.97 Å². The molecule has 7 heteroatoms. The summed E-state index contributed by atoms with van der Waals surface area (Å²) in [5, 5.41) is 0.371. The van der Waals surface area contributed by atoms with E-state index in [2.05, 4.69) is 0 Å². The number of nitrogens with zero attached hydrogens (tertiary/aromatic N) is 1. The topological polar surface area (TPSA) is 81.9 Å². The minimum absolute atomic E-state index is 0.00707. The standard InChI is InChI=1S/C14H20N2O4S/c1-8(2)9-10(12(15)21-11(9)14(18)19-3)13(17)16-4-6-20-7-5-16/h8H,4-7,15H2,1-3H3. The highest BCUT2D eigenvalue weighted by molar-refractivity contribution is 7.18. The van der Waals surface area contributed by atoms with Crippen LogP contribution in [0.25, 0.3) is 0 Å². The first-order valence-electron chi connectivity index (χ1n) is 6.84. The summed E-state index contributed by atoms with van der Waals surface area (Å²) < 4.78 is 10.0. The number of morpholine rings is 1. The molecule has 2 N–H and O–H groups in total. The number of thiophene rings is 1. The summed E-state index contributed by atoms with van der Waals surface area (Å²) in [4.78, 5) is 26.7. The first-order valence-corrected chi connectivity index (χ1v) is 7.66. The number of nitrogens with two attached hydrogens (primary N) is 1. The third-order valence-corrected chi connectivity index (χ3v) is 4.45. The number of methoxy groups -OCH3 is 1. The Hall–Kier alpha value is -1.60. The molecule has 6 nitrogen and oxygen atoms in total. The highest BCUT2D eigenvalue weighted by atomic mass is 32.1. The fourth-order valence-electron chi connectivity index (χ4n) is 2.40. The number of rotatable bonds is 3. The fourth-order valence-corrected chi connectivity index (χ4v) is 3.54. The van der Waals surface area contributed by atoms with Crippen molar-refractivity contribution in [2.45, 2.75) is 19.8 Å². The zero-order valence-electron chi connectivity index (χ0n) is 12.5. The van der Waals surface area contributed by atoms with E-state index in [1.165, 1.54) is 7.11 Å². The van der Waals surface area contributed by atoms with Crippen LogP contribution in [0.3, 0.4) is 0 Å². The Morgan fingerprint density at radius 1 is 1.33 bits per heavy atom. The minimum Gasteiger partial charge on any atom is -0.465 e. The normalized spacial score (nSPS) is 15.3. The highest BCUT2D eigenvalue weighted by Gasteiger charge is 2.31.